The lowest BCUT2D eigenvalue weighted by molar-refractivity contribution is -0.148. The van der Waals surface area contributed by atoms with Crippen molar-refractivity contribution in [1.82, 2.24) is 15.0 Å². The summed E-state index contributed by atoms with van der Waals surface area (Å²) >= 11 is 0. The van der Waals surface area contributed by atoms with Crippen LogP contribution in [0.3, 0.4) is 0 Å². The van der Waals surface area contributed by atoms with E-state index in [1.165, 1.54) is 6.20 Å². The molecule has 29 heavy (non-hydrogen) atoms. The summed E-state index contributed by atoms with van der Waals surface area (Å²) in [6.07, 6.45) is 6.12. The summed E-state index contributed by atoms with van der Waals surface area (Å²) in [6, 6.07) is 5.19. The quantitative estimate of drug-likeness (QED) is 0.297. The third-order valence-corrected chi connectivity index (χ3v) is 3.49. The molecule has 2 aromatic rings. The van der Waals surface area contributed by atoms with Gasteiger partial charge in [-0.15, -0.1) is 0 Å². The lowest BCUT2D eigenvalue weighted by atomic mass is 10.2. The zero-order chi connectivity index (χ0) is 21.2. The van der Waals surface area contributed by atoms with Crippen LogP contribution in [0.25, 0.3) is 11.4 Å². The lowest BCUT2D eigenvalue weighted by Gasteiger charge is -2.12. The van der Waals surface area contributed by atoms with Gasteiger partial charge in [0.15, 0.2) is 11.4 Å². The first-order valence-electron chi connectivity index (χ1n) is 9.41. The molecule has 0 saturated carbocycles. The minimum Gasteiger partial charge on any atom is -0.462 e. The number of carbonyl (C=O) groups is 2. The number of aromatic nitrogens is 3. The van der Waals surface area contributed by atoms with Crippen LogP contribution < -0.4 is 5.32 Å². The first kappa shape index (κ1) is 22.0. The fourth-order valence-electron chi connectivity index (χ4n) is 2.07. The standard InChI is InChI=1S/C21H26N4O4/c1-14(2)12-28-20(26)17(21(27)29-13-15(3)4)11-24-18-7-10-23-19(25-18)16-5-8-22-9-6-16/h5-11,14-15H,12-13H2,1-4H3,(H,23,24,25). The van der Waals surface area contributed by atoms with Crippen LogP contribution in [-0.4, -0.2) is 40.1 Å². The smallest absolute Gasteiger partial charge is 0.347 e. The number of pyridine rings is 1. The maximum Gasteiger partial charge on any atom is 0.347 e. The number of esters is 2. The Morgan fingerprint density at radius 2 is 1.55 bits per heavy atom. The van der Waals surface area contributed by atoms with Crippen LogP contribution in [0.5, 0.6) is 0 Å². The van der Waals surface area contributed by atoms with Gasteiger partial charge in [0, 0.05) is 30.4 Å². The van der Waals surface area contributed by atoms with Crippen molar-refractivity contribution >= 4 is 17.8 Å². The Bertz CT molecular complexity index is 825. The molecule has 0 amide bonds. The molecule has 2 rings (SSSR count). The van der Waals surface area contributed by atoms with Gasteiger partial charge in [-0.1, -0.05) is 27.7 Å². The van der Waals surface area contributed by atoms with E-state index in [-0.39, 0.29) is 30.6 Å². The monoisotopic (exact) mass is 398 g/mol. The predicted molar refractivity (Wildman–Crippen MR) is 109 cm³/mol. The van der Waals surface area contributed by atoms with Crippen molar-refractivity contribution < 1.29 is 19.1 Å². The van der Waals surface area contributed by atoms with E-state index in [9.17, 15) is 9.59 Å². The molecule has 0 unspecified atom stereocenters. The van der Waals surface area contributed by atoms with Crippen molar-refractivity contribution in [3.05, 3.63) is 48.6 Å². The van der Waals surface area contributed by atoms with Crippen LogP contribution in [0.2, 0.25) is 0 Å². The van der Waals surface area contributed by atoms with E-state index in [4.69, 9.17) is 9.47 Å². The van der Waals surface area contributed by atoms with Crippen molar-refractivity contribution in [3.63, 3.8) is 0 Å². The third-order valence-electron chi connectivity index (χ3n) is 3.49. The molecule has 8 heteroatoms. The summed E-state index contributed by atoms with van der Waals surface area (Å²) in [5.74, 6) is -0.309. The van der Waals surface area contributed by atoms with Crippen molar-refractivity contribution in [3.8, 4) is 11.4 Å². The van der Waals surface area contributed by atoms with Gasteiger partial charge in [0.05, 0.1) is 13.2 Å². The van der Waals surface area contributed by atoms with E-state index >= 15 is 0 Å². The van der Waals surface area contributed by atoms with Gasteiger partial charge >= 0.3 is 11.9 Å². The first-order chi connectivity index (χ1) is 13.9. The molecule has 0 radical (unpaired) electrons. The summed E-state index contributed by atoms with van der Waals surface area (Å²) in [5, 5.41) is 2.86. The highest BCUT2D eigenvalue weighted by molar-refractivity contribution is 6.14. The van der Waals surface area contributed by atoms with Crippen LogP contribution in [0.1, 0.15) is 27.7 Å². The Labute approximate surface area is 170 Å². The van der Waals surface area contributed by atoms with Gasteiger partial charge in [0.2, 0.25) is 0 Å². The molecule has 1 N–H and O–H groups in total. The second kappa shape index (κ2) is 10.9. The maximum atomic E-state index is 12.4. The normalized spacial score (nSPS) is 10.6. The lowest BCUT2D eigenvalue weighted by Crippen LogP contribution is -2.22. The summed E-state index contributed by atoms with van der Waals surface area (Å²) in [4.78, 5) is 37.3. The van der Waals surface area contributed by atoms with Gasteiger partial charge in [-0.05, 0) is 30.0 Å². The molecule has 0 bridgehead atoms. The molecule has 0 atom stereocenters. The average Bonchev–Trinajstić information content (AvgIpc) is 2.71. The van der Waals surface area contributed by atoms with Crippen molar-refractivity contribution in [1.29, 1.82) is 0 Å². The molecule has 0 aliphatic carbocycles. The molecular weight excluding hydrogens is 372 g/mol. The molecule has 8 nitrogen and oxygen atoms in total. The van der Waals surface area contributed by atoms with E-state index in [0.717, 1.165) is 5.56 Å². The second-order valence-corrected chi connectivity index (χ2v) is 7.19. The molecule has 0 aliphatic rings. The van der Waals surface area contributed by atoms with Gasteiger partial charge in [-0.25, -0.2) is 19.6 Å². The summed E-state index contributed by atoms with van der Waals surface area (Å²) < 4.78 is 10.4. The number of carbonyl (C=O) groups excluding carboxylic acids is 2. The molecule has 2 heterocycles. The molecule has 0 aromatic carbocycles. The highest BCUT2D eigenvalue weighted by Gasteiger charge is 2.22. The Morgan fingerprint density at radius 3 is 2.10 bits per heavy atom. The van der Waals surface area contributed by atoms with E-state index < -0.39 is 11.9 Å². The zero-order valence-electron chi connectivity index (χ0n) is 17.1. The number of hydrogen-bond acceptors (Lipinski definition) is 8. The maximum absolute atomic E-state index is 12.4. The van der Waals surface area contributed by atoms with Crippen molar-refractivity contribution in [2.75, 3.05) is 18.5 Å². The van der Waals surface area contributed by atoms with Crippen LogP contribution in [0, 0.1) is 11.8 Å². The van der Waals surface area contributed by atoms with E-state index in [2.05, 4.69) is 20.3 Å². The molecular formula is C21H26N4O4. The van der Waals surface area contributed by atoms with Crippen LogP contribution in [0.15, 0.2) is 48.6 Å². The minimum atomic E-state index is -0.747. The van der Waals surface area contributed by atoms with Crippen molar-refractivity contribution in [2.24, 2.45) is 11.8 Å². The Kier molecular flexibility index (Phi) is 8.27. The number of rotatable bonds is 9. The van der Waals surface area contributed by atoms with E-state index in [0.29, 0.717) is 11.6 Å². The topological polar surface area (TPSA) is 103 Å². The van der Waals surface area contributed by atoms with Crippen molar-refractivity contribution in [2.45, 2.75) is 27.7 Å². The van der Waals surface area contributed by atoms with Gasteiger partial charge in [0.1, 0.15) is 5.82 Å². The molecule has 0 aliphatic heterocycles. The Balaban J connectivity index is 2.19. The molecule has 154 valence electrons. The highest BCUT2D eigenvalue weighted by atomic mass is 16.6. The first-order valence-corrected chi connectivity index (χ1v) is 9.41. The third kappa shape index (κ3) is 7.33. The average molecular weight is 398 g/mol. The summed E-state index contributed by atoms with van der Waals surface area (Å²) in [6.45, 7) is 8.04. The summed E-state index contributed by atoms with van der Waals surface area (Å²) in [5.41, 5.74) is 0.566. The number of hydrogen-bond donors (Lipinski definition) is 1. The van der Waals surface area contributed by atoms with E-state index in [1.807, 2.05) is 27.7 Å². The minimum absolute atomic E-state index is 0.143. The Morgan fingerprint density at radius 1 is 0.966 bits per heavy atom. The van der Waals surface area contributed by atoms with Crippen LogP contribution >= 0.6 is 0 Å². The molecule has 2 aromatic heterocycles. The fraction of sp³-hybridized carbons (Fsp3) is 0.381. The molecule has 0 fully saturated rings. The number of anilines is 1. The molecule has 0 spiro atoms. The van der Waals surface area contributed by atoms with E-state index in [1.54, 1.807) is 36.8 Å². The van der Waals surface area contributed by atoms with Gasteiger partial charge in [0.25, 0.3) is 0 Å². The molecule has 0 saturated heterocycles. The van der Waals surface area contributed by atoms with Gasteiger partial charge < -0.3 is 14.8 Å². The van der Waals surface area contributed by atoms with Gasteiger partial charge in [-0.2, -0.15) is 0 Å². The predicted octanol–water partition coefficient (Wildman–Crippen LogP) is 3.23. The van der Waals surface area contributed by atoms with Crippen LogP contribution in [-0.2, 0) is 19.1 Å². The SMILES string of the molecule is CC(C)COC(=O)C(=CNc1ccnc(-c2ccncc2)n1)C(=O)OCC(C)C. The Hall–Kier alpha value is -3.29. The summed E-state index contributed by atoms with van der Waals surface area (Å²) in [7, 11) is 0. The fourth-order valence-corrected chi connectivity index (χ4v) is 2.07. The van der Waals surface area contributed by atoms with Crippen LogP contribution in [0.4, 0.5) is 5.82 Å². The van der Waals surface area contributed by atoms with Gasteiger partial charge in [-0.3, -0.25) is 4.98 Å². The number of nitrogens with one attached hydrogen (secondary N) is 1. The second-order valence-electron chi connectivity index (χ2n) is 7.19. The number of ether oxygens (including phenoxy) is 2. The largest absolute Gasteiger partial charge is 0.462 e. The highest BCUT2D eigenvalue weighted by Crippen LogP contribution is 2.15. The number of nitrogens with zero attached hydrogens (tertiary/aromatic N) is 3. The zero-order valence-corrected chi connectivity index (χ0v) is 17.1.